The Hall–Kier alpha value is -2.48. The van der Waals surface area contributed by atoms with Gasteiger partial charge in [0, 0.05) is 23.4 Å². The highest BCUT2D eigenvalue weighted by Gasteiger charge is 2.20. The summed E-state index contributed by atoms with van der Waals surface area (Å²) >= 11 is 1.12. The molecule has 19 heavy (non-hydrogen) atoms. The summed E-state index contributed by atoms with van der Waals surface area (Å²) in [6, 6.07) is 5.54. The van der Waals surface area contributed by atoms with Gasteiger partial charge in [-0.25, -0.2) is 14.8 Å². The summed E-state index contributed by atoms with van der Waals surface area (Å²) in [7, 11) is 0. The van der Waals surface area contributed by atoms with Crippen molar-refractivity contribution < 1.29 is 14.8 Å². The molecule has 0 amide bonds. The van der Waals surface area contributed by atoms with Gasteiger partial charge in [0.05, 0.1) is 4.92 Å². The second kappa shape index (κ2) is 5.44. The van der Waals surface area contributed by atoms with Crippen LogP contribution in [0.3, 0.4) is 0 Å². The fourth-order valence-electron chi connectivity index (χ4n) is 1.35. The summed E-state index contributed by atoms with van der Waals surface area (Å²) < 4.78 is 0. The summed E-state index contributed by atoms with van der Waals surface area (Å²) in [6.45, 7) is 0. The molecule has 0 bridgehead atoms. The van der Waals surface area contributed by atoms with Crippen molar-refractivity contribution in [1.82, 2.24) is 9.97 Å². The van der Waals surface area contributed by atoms with Crippen LogP contribution in [0.5, 0.6) is 0 Å². The highest BCUT2D eigenvalue weighted by molar-refractivity contribution is 7.99. The molecule has 96 valence electrons. The van der Waals surface area contributed by atoms with Gasteiger partial charge < -0.3 is 5.11 Å². The van der Waals surface area contributed by atoms with E-state index in [-0.39, 0.29) is 5.56 Å². The normalized spacial score (nSPS) is 10.1. The number of nitro benzene ring substituents is 1. The van der Waals surface area contributed by atoms with E-state index in [1.54, 1.807) is 18.5 Å². The molecular formula is C11H7N3O4S. The Balaban J connectivity index is 2.36. The molecule has 0 unspecified atom stereocenters. The van der Waals surface area contributed by atoms with Crippen LogP contribution in [-0.4, -0.2) is 26.0 Å². The first-order valence-electron chi connectivity index (χ1n) is 5.04. The van der Waals surface area contributed by atoms with Gasteiger partial charge in [-0.1, -0.05) is 0 Å². The van der Waals surface area contributed by atoms with Crippen LogP contribution in [0, 0.1) is 10.1 Å². The van der Waals surface area contributed by atoms with Gasteiger partial charge in [0.25, 0.3) is 5.69 Å². The van der Waals surface area contributed by atoms with Crippen LogP contribution in [0.1, 0.15) is 10.4 Å². The molecule has 1 N–H and O–H groups in total. The lowest BCUT2D eigenvalue weighted by Crippen LogP contribution is -2.02. The van der Waals surface area contributed by atoms with Crippen molar-refractivity contribution in [3.63, 3.8) is 0 Å². The van der Waals surface area contributed by atoms with Crippen LogP contribution in [0.25, 0.3) is 0 Å². The minimum atomic E-state index is -1.33. The smallest absolute Gasteiger partial charge is 0.342 e. The average Bonchev–Trinajstić information content (AvgIpc) is 2.39. The van der Waals surface area contributed by atoms with E-state index in [0.717, 1.165) is 11.8 Å². The SMILES string of the molecule is O=C(O)c1ccc(Sc2ncccn2)cc1[N+](=O)[O-]. The highest BCUT2D eigenvalue weighted by atomic mass is 32.2. The molecule has 0 aliphatic rings. The van der Waals surface area contributed by atoms with Crippen molar-refractivity contribution >= 4 is 23.4 Å². The average molecular weight is 277 g/mol. The zero-order chi connectivity index (χ0) is 13.8. The Morgan fingerprint density at radius 3 is 2.58 bits per heavy atom. The Morgan fingerprint density at radius 2 is 2.00 bits per heavy atom. The molecule has 0 aliphatic heterocycles. The number of rotatable bonds is 4. The lowest BCUT2D eigenvalue weighted by Gasteiger charge is -2.02. The quantitative estimate of drug-likeness (QED) is 0.518. The molecular weight excluding hydrogens is 270 g/mol. The summed E-state index contributed by atoms with van der Waals surface area (Å²) in [5, 5.41) is 20.1. The topological polar surface area (TPSA) is 106 Å². The fourth-order valence-corrected chi connectivity index (χ4v) is 2.09. The standard InChI is InChI=1S/C11H7N3O4S/c15-10(16)8-3-2-7(6-9(8)14(17)18)19-11-12-4-1-5-13-11/h1-6H,(H,15,16). The molecule has 2 aromatic rings. The lowest BCUT2D eigenvalue weighted by atomic mass is 10.2. The fraction of sp³-hybridized carbons (Fsp3) is 0. The van der Waals surface area contributed by atoms with Gasteiger partial charge in [-0.3, -0.25) is 10.1 Å². The second-order valence-electron chi connectivity index (χ2n) is 3.37. The number of benzene rings is 1. The molecule has 1 heterocycles. The largest absolute Gasteiger partial charge is 0.477 e. The maximum atomic E-state index is 10.9. The molecule has 0 aliphatic carbocycles. The van der Waals surface area contributed by atoms with E-state index in [1.165, 1.54) is 18.2 Å². The molecule has 8 heteroatoms. The third-order valence-electron chi connectivity index (χ3n) is 2.15. The van der Waals surface area contributed by atoms with Crippen molar-refractivity contribution in [3.05, 3.63) is 52.3 Å². The zero-order valence-electron chi connectivity index (χ0n) is 9.39. The van der Waals surface area contributed by atoms with Gasteiger partial charge in [0.1, 0.15) is 5.56 Å². The number of nitro groups is 1. The van der Waals surface area contributed by atoms with Gasteiger partial charge in [-0.05, 0) is 30.0 Å². The van der Waals surface area contributed by atoms with Crippen molar-refractivity contribution in [1.29, 1.82) is 0 Å². The number of carboxylic acids is 1. The summed E-state index contributed by atoms with van der Waals surface area (Å²) in [5.74, 6) is -1.33. The summed E-state index contributed by atoms with van der Waals surface area (Å²) in [6.07, 6.45) is 3.10. The Labute approximate surface area is 111 Å². The second-order valence-corrected chi connectivity index (χ2v) is 4.42. The van der Waals surface area contributed by atoms with Crippen molar-refractivity contribution in [2.45, 2.75) is 10.1 Å². The van der Waals surface area contributed by atoms with Crippen LogP contribution in [0.4, 0.5) is 5.69 Å². The lowest BCUT2D eigenvalue weighted by molar-refractivity contribution is -0.385. The third-order valence-corrected chi connectivity index (χ3v) is 3.03. The number of carboxylic acid groups (broad SMARTS) is 1. The first-order valence-corrected chi connectivity index (χ1v) is 5.86. The Kier molecular flexibility index (Phi) is 3.71. The van der Waals surface area contributed by atoms with E-state index in [2.05, 4.69) is 9.97 Å². The molecule has 0 atom stereocenters. The first kappa shape index (κ1) is 13.0. The zero-order valence-corrected chi connectivity index (χ0v) is 10.2. The number of carbonyl (C=O) groups is 1. The van der Waals surface area contributed by atoms with Gasteiger partial charge in [-0.15, -0.1) is 0 Å². The summed E-state index contributed by atoms with van der Waals surface area (Å²) in [5.41, 5.74) is -0.795. The van der Waals surface area contributed by atoms with Crippen molar-refractivity contribution in [2.75, 3.05) is 0 Å². The number of hydrogen-bond donors (Lipinski definition) is 1. The van der Waals surface area contributed by atoms with Crippen LogP contribution in [0.15, 0.2) is 46.7 Å². The van der Waals surface area contributed by atoms with Crippen LogP contribution < -0.4 is 0 Å². The van der Waals surface area contributed by atoms with Gasteiger partial charge in [0.2, 0.25) is 0 Å². The van der Waals surface area contributed by atoms with Crippen molar-refractivity contribution in [2.24, 2.45) is 0 Å². The highest BCUT2D eigenvalue weighted by Crippen LogP contribution is 2.29. The number of nitrogens with zero attached hydrogens (tertiary/aromatic N) is 3. The molecule has 0 radical (unpaired) electrons. The van der Waals surface area contributed by atoms with Crippen LogP contribution in [0.2, 0.25) is 0 Å². The van der Waals surface area contributed by atoms with E-state index in [9.17, 15) is 14.9 Å². The minimum Gasteiger partial charge on any atom is -0.477 e. The molecule has 2 rings (SSSR count). The van der Waals surface area contributed by atoms with Gasteiger partial charge in [0.15, 0.2) is 5.16 Å². The van der Waals surface area contributed by atoms with E-state index in [1.807, 2.05) is 0 Å². The maximum absolute atomic E-state index is 10.9. The molecule has 0 saturated carbocycles. The van der Waals surface area contributed by atoms with E-state index in [0.29, 0.717) is 10.1 Å². The molecule has 1 aromatic heterocycles. The van der Waals surface area contributed by atoms with Crippen molar-refractivity contribution in [3.8, 4) is 0 Å². The minimum absolute atomic E-state index is 0.344. The molecule has 0 saturated heterocycles. The number of aromatic nitrogens is 2. The van der Waals surface area contributed by atoms with Crippen LogP contribution in [-0.2, 0) is 0 Å². The Bertz CT molecular complexity index is 633. The predicted octanol–water partition coefficient (Wildman–Crippen LogP) is 2.23. The van der Waals surface area contributed by atoms with Gasteiger partial charge >= 0.3 is 5.97 Å². The first-order chi connectivity index (χ1) is 9.08. The van der Waals surface area contributed by atoms with Gasteiger partial charge in [-0.2, -0.15) is 0 Å². The predicted molar refractivity (Wildman–Crippen MR) is 66.2 cm³/mol. The molecule has 7 nitrogen and oxygen atoms in total. The van der Waals surface area contributed by atoms with Crippen LogP contribution >= 0.6 is 11.8 Å². The van der Waals surface area contributed by atoms with E-state index in [4.69, 9.17) is 5.11 Å². The Morgan fingerprint density at radius 1 is 1.32 bits per heavy atom. The molecule has 0 spiro atoms. The molecule has 1 aromatic carbocycles. The number of hydrogen-bond acceptors (Lipinski definition) is 6. The monoisotopic (exact) mass is 277 g/mol. The maximum Gasteiger partial charge on any atom is 0.342 e. The summed E-state index contributed by atoms with van der Waals surface area (Å²) in [4.78, 5) is 29.4. The third kappa shape index (κ3) is 3.05. The van der Waals surface area contributed by atoms with E-state index >= 15 is 0 Å². The molecule has 0 fully saturated rings. The number of aromatic carboxylic acids is 1. The van der Waals surface area contributed by atoms with E-state index < -0.39 is 16.6 Å².